The van der Waals surface area contributed by atoms with Gasteiger partial charge in [0.2, 0.25) is 0 Å². The first-order valence-electron chi connectivity index (χ1n) is 11.2. The Balaban J connectivity index is 1.46. The molecule has 1 atom stereocenters. The standard InChI is InChI=1S/C25H26F3N3O2/c1-24(33,25(26,27)28)19-6-2-17(3-7-19)23(32)31(22-10-11-22)21-8-4-16(5-9-21)18-12-13-30-20(14-18)15-29/h2-3,6-7,12-14,16,21-22,33H,4-5,8-11H2,1H3/t16-,21+,24-/m0/s1. The molecule has 0 bridgehead atoms. The van der Waals surface area contributed by atoms with Crippen LogP contribution < -0.4 is 0 Å². The van der Waals surface area contributed by atoms with Gasteiger partial charge in [-0.25, -0.2) is 4.98 Å². The SMILES string of the molecule is C[C@](O)(c1ccc(C(=O)N(C2CC2)[C@H]2CC[C@@H](c3ccnc(C#N)c3)CC2)cc1)C(F)(F)F. The second-order valence-corrected chi connectivity index (χ2v) is 9.18. The number of amides is 1. The van der Waals surface area contributed by atoms with E-state index < -0.39 is 11.8 Å². The van der Waals surface area contributed by atoms with Gasteiger partial charge in [0.25, 0.3) is 5.91 Å². The van der Waals surface area contributed by atoms with E-state index in [9.17, 15) is 23.1 Å². The first-order valence-corrected chi connectivity index (χ1v) is 11.2. The molecule has 174 valence electrons. The zero-order chi connectivity index (χ0) is 23.8. The van der Waals surface area contributed by atoms with Gasteiger partial charge < -0.3 is 10.0 Å². The van der Waals surface area contributed by atoms with E-state index in [1.807, 2.05) is 17.0 Å². The summed E-state index contributed by atoms with van der Waals surface area (Å²) in [5.74, 6) is 0.145. The normalized spacial score (nSPS) is 22.8. The summed E-state index contributed by atoms with van der Waals surface area (Å²) in [6.07, 6.45) is 2.16. The molecular weight excluding hydrogens is 431 g/mol. The van der Waals surface area contributed by atoms with Crippen molar-refractivity contribution in [3.63, 3.8) is 0 Å². The van der Waals surface area contributed by atoms with Crippen LogP contribution in [0, 0.1) is 11.3 Å². The van der Waals surface area contributed by atoms with Crippen LogP contribution in [0.15, 0.2) is 42.6 Å². The van der Waals surface area contributed by atoms with Crippen LogP contribution in [0.4, 0.5) is 13.2 Å². The number of hydrogen-bond acceptors (Lipinski definition) is 4. The smallest absolute Gasteiger partial charge is 0.376 e. The summed E-state index contributed by atoms with van der Waals surface area (Å²) in [5.41, 5.74) is -1.44. The number of benzene rings is 1. The molecular formula is C25H26F3N3O2. The highest BCUT2D eigenvalue weighted by Crippen LogP contribution is 2.41. The number of rotatable bonds is 5. The molecule has 0 radical (unpaired) electrons. The predicted octanol–water partition coefficient (Wildman–Crippen LogP) is 5.05. The number of aromatic nitrogens is 1. The molecule has 1 aromatic carbocycles. The molecule has 2 aromatic rings. The Labute approximate surface area is 190 Å². The summed E-state index contributed by atoms with van der Waals surface area (Å²) in [7, 11) is 0. The van der Waals surface area contributed by atoms with Crippen LogP contribution in [-0.2, 0) is 5.60 Å². The Kier molecular flexibility index (Phi) is 6.19. The van der Waals surface area contributed by atoms with E-state index in [1.54, 1.807) is 6.20 Å². The number of carbonyl (C=O) groups excluding carboxylic acids is 1. The van der Waals surface area contributed by atoms with Crippen LogP contribution >= 0.6 is 0 Å². The van der Waals surface area contributed by atoms with Gasteiger partial charge in [-0.3, -0.25) is 4.79 Å². The van der Waals surface area contributed by atoms with Crippen LogP contribution in [0.3, 0.4) is 0 Å². The van der Waals surface area contributed by atoms with Crippen molar-refractivity contribution in [3.8, 4) is 6.07 Å². The van der Waals surface area contributed by atoms with E-state index in [2.05, 4.69) is 11.1 Å². The van der Waals surface area contributed by atoms with Crippen LogP contribution in [0.25, 0.3) is 0 Å². The molecule has 1 aromatic heterocycles. The third-order valence-electron chi connectivity index (χ3n) is 6.88. The molecule has 1 N–H and O–H groups in total. The monoisotopic (exact) mass is 457 g/mol. The lowest BCUT2D eigenvalue weighted by Crippen LogP contribution is -2.44. The minimum absolute atomic E-state index is 0.0801. The van der Waals surface area contributed by atoms with Gasteiger partial charge in [-0.1, -0.05) is 12.1 Å². The average Bonchev–Trinajstić information content (AvgIpc) is 3.64. The van der Waals surface area contributed by atoms with Gasteiger partial charge in [-0.15, -0.1) is 0 Å². The average molecular weight is 457 g/mol. The summed E-state index contributed by atoms with van der Waals surface area (Å²) in [6, 6.07) is 11.2. The second-order valence-electron chi connectivity index (χ2n) is 9.18. The number of aliphatic hydroxyl groups is 1. The van der Waals surface area contributed by atoms with Crippen molar-refractivity contribution in [2.24, 2.45) is 0 Å². The highest BCUT2D eigenvalue weighted by Gasteiger charge is 2.51. The maximum absolute atomic E-state index is 13.3. The molecule has 33 heavy (non-hydrogen) atoms. The summed E-state index contributed by atoms with van der Waals surface area (Å²) in [5, 5.41) is 19.0. The first-order chi connectivity index (χ1) is 15.6. The molecule has 1 amide bonds. The van der Waals surface area contributed by atoms with Crippen LogP contribution in [0.1, 0.15) is 78.5 Å². The second kappa shape index (κ2) is 8.79. The molecule has 0 unspecified atom stereocenters. The Bertz CT molecular complexity index is 1050. The quantitative estimate of drug-likeness (QED) is 0.681. The first kappa shape index (κ1) is 23.2. The molecule has 2 saturated carbocycles. The highest BCUT2D eigenvalue weighted by atomic mass is 19.4. The number of nitrogens with zero attached hydrogens (tertiary/aromatic N) is 3. The zero-order valence-corrected chi connectivity index (χ0v) is 18.3. The van der Waals surface area contributed by atoms with Gasteiger partial charge in [0.1, 0.15) is 11.8 Å². The summed E-state index contributed by atoms with van der Waals surface area (Å²) < 4.78 is 39.3. The van der Waals surface area contributed by atoms with Gasteiger partial charge >= 0.3 is 6.18 Å². The number of nitriles is 1. The van der Waals surface area contributed by atoms with Crippen molar-refractivity contribution < 1.29 is 23.1 Å². The molecule has 5 nitrogen and oxygen atoms in total. The van der Waals surface area contributed by atoms with Crippen LogP contribution in [-0.4, -0.2) is 39.2 Å². The van der Waals surface area contributed by atoms with E-state index in [1.165, 1.54) is 24.3 Å². The molecule has 2 aliphatic rings. The lowest BCUT2D eigenvalue weighted by molar-refractivity contribution is -0.258. The van der Waals surface area contributed by atoms with Gasteiger partial charge in [-0.05, 0) is 86.8 Å². The molecule has 0 spiro atoms. The minimum atomic E-state index is -4.81. The molecule has 0 aliphatic heterocycles. The summed E-state index contributed by atoms with van der Waals surface area (Å²) in [6.45, 7) is 0.709. The van der Waals surface area contributed by atoms with Crippen molar-refractivity contribution in [2.75, 3.05) is 0 Å². The molecule has 0 saturated heterocycles. The summed E-state index contributed by atoms with van der Waals surface area (Å²) >= 11 is 0. The zero-order valence-electron chi connectivity index (χ0n) is 18.3. The lowest BCUT2D eigenvalue weighted by Gasteiger charge is -2.37. The van der Waals surface area contributed by atoms with E-state index in [4.69, 9.17) is 5.26 Å². The van der Waals surface area contributed by atoms with E-state index in [0.29, 0.717) is 24.1 Å². The number of hydrogen-bond donors (Lipinski definition) is 1. The fraction of sp³-hybridized carbons (Fsp3) is 0.480. The third-order valence-corrected chi connectivity index (χ3v) is 6.88. The van der Waals surface area contributed by atoms with Crippen molar-refractivity contribution >= 4 is 5.91 Å². The van der Waals surface area contributed by atoms with Gasteiger partial charge in [0.15, 0.2) is 5.60 Å². The Morgan fingerprint density at radius 3 is 2.15 bits per heavy atom. The number of halogens is 3. The Hall–Kier alpha value is -2.92. The van der Waals surface area contributed by atoms with Crippen molar-refractivity contribution in [1.82, 2.24) is 9.88 Å². The van der Waals surface area contributed by atoms with Crippen molar-refractivity contribution in [2.45, 2.75) is 75.2 Å². The Morgan fingerprint density at radius 2 is 1.64 bits per heavy atom. The number of alkyl halides is 3. The fourth-order valence-corrected chi connectivity index (χ4v) is 4.68. The van der Waals surface area contributed by atoms with Crippen molar-refractivity contribution in [1.29, 1.82) is 5.26 Å². The summed E-state index contributed by atoms with van der Waals surface area (Å²) in [4.78, 5) is 19.3. The van der Waals surface area contributed by atoms with Gasteiger partial charge in [-0.2, -0.15) is 18.4 Å². The lowest BCUT2D eigenvalue weighted by atomic mass is 9.81. The van der Waals surface area contributed by atoms with Gasteiger partial charge in [0.05, 0.1) is 0 Å². The van der Waals surface area contributed by atoms with E-state index >= 15 is 0 Å². The maximum Gasteiger partial charge on any atom is 0.421 e. The van der Waals surface area contributed by atoms with Gasteiger partial charge in [0, 0.05) is 23.8 Å². The topological polar surface area (TPSA) is 77.2 Å². The van der Waals surface area contributed by atoms with E-state index in [0.717, 1.165) is 44.1 Å². The molecule has 4 rings (SSSR count). The molecule has 1 heterocycles. The largest absolute Gasteiger partial charge is 0.421 e. The molecule has 2 aliphatic carbocycles. The van der Waals surface area contributed by atoms with E-state index in [-0.39, 0.29) is 23.6 Å². The number of carbonyl (C=O) groups is 1. The number of pyridine rings is 1. The van der Waals surface area contributed by atoms with Crippen LogP contribution in [0.2, 0.25) is 0 Å². The van der Waals surface area contributed by atoms with Crippen LogP contribution in [0.5, 0.6) is 0 Å². The minimum Gasteiger partial charge on any atom is -0.376 e. The Morgan fingerprint density at radius 1 is 1.06 bits per heavy atom. The maximum atomic E-state index is 13.3. The third kappa shape index (κ3) is 4.74. The fourth-order valence-electron chi connectivity index (χ4n) is 4.68. The molecule has 8 heteroatoms. The highest BCUT2D eigenvalue weighted by molar-refractivity contribution is 5.95. The predicted molar refractivity (Wildman–Crippen MR) is 115 cm³/mol. The molecule has 2 fully saturated rings. The van der Waals surface area contributed by atoms with Crippen molar-refractivity contribution in [3.05, 3.63) is 65.0 Å².